The van der Waals surface area contributed by atoms with Gasteiger partial charge in [-0.05, 0) is 18.1 Å². The largest absolute Gasteiger partial charge is 0.465 e. The summed E-state index contributed by atoms with van der Waals surface area (Å²) >= 11 is 0. The van der Waals surface area contributed by atoms with Crippen molar-refractivity contribution in [3.63, 3.8) is 0 Å². The summed E-state index contributed by atoms with van der Waals surface area (Å²) in [6.45, 7) is 2.04. The van der Waals surface area contributed by atoms with E-state index in [1.807, 2.05) is 13.0 Å². The van der Waals surface area contributed by atoms with Gasteiger partial charge in [-0.15, -0.1) is 0 Å². The van der Waals surface area contributed by atoms with Gasteiger partial charge in [0.05, 0.1) is 0 Å². The third-order valence-corrected chi connectivity index (χ3v) is 1.64. The summed E-state index contributed by atoms with van der Waals surface area (Å²) in [5, 5.41) is 10.8. The van der Waals surface area contributed by atoms with Gasteiger partial charge in [0.2, 0.25) is 0 Å². The van der Waals surface area contributed by atoms with Crippen molar-refractivity contribution < 1.29 is 9.90 Å². The Bertz CT molecular complexity index is 299. The number of nitrogens with zero attached hydrogens (tertiary/aromatic N) is 1. The van der Waals surface area contributed by atoms with Crippen LogP contribution < -0.4 is 5.32 Å². The number of aromatic nitrogens is 1. The van der Waals surface area contributed by atoms with Crippen LogP contribution in [-0.4, -0.2) is 16.2 Å². The van der Waals surface area contributed by atoms with Crippen LogP contribution >= 0.6 is 0 Å². The molecule has 2 N–H and O–H groups in total. The lowest BCUT2D eigenvalue weighted by molar-refractivity contribution is 0.209. The van der Waals surface area contributed by atoms with E-state index in [0.29, 0.717) is 5.82 Å². The van der Waals surface area contributed by atoms with Crippen LogP contribution in [-0.2, 0) is 6.42 Å². The molecule has 1 rings (SSSR count). The van der Waals surface area contributed by atoms with Crippen LogP contribution in [0, 0.1) is 0 Å². The van der Waals surface area contributed by atoms with E-state index < -0.39 is 6.09 Å². The molecule has 0 atom stereocenters. The SMILES string of the molecule is CCCc1cccnc1NC(=O)O. The molecule has 1 amide bonds. The van der Waals surface area contributed by atoms with E-state index in [2.05, 4.69) is 10.3 Å². The highest BCUT2D eigenvalue weighted by Crippen LogP contribution is 2.12. The molecule has 0 spiro atoms. The highest BCUT2D eigenvalue weighted by molar-refractivity contribution is 5.82. The van der Waals surface area contributed by atoms with E-state index in [1.165, 1.54) is 0 Å². The highest BCUT2D eigenvalue weighted by Gasteiger charge is 2.04. The number of nitrogens with one attached hydrogen (secondary N) is 1. The number of aryl methyl sites for hydroxylation is 1. The quantitative estimate of drug-likeness (QED) is 0.748. The van der Waals surface area contributed by atoms with Crippen molar-refractivity contribution in [2.45, 2.75) is 19.8 Å². The van der Waals surface area contributed by atoms with Crippen molar-refractivity contribution in [2.24, 2.45) is 0 Å². The fraction of sp³-hybridized carbons (Fsp3) is 0.333. The summed E-state index contributed by atoms with van der Waals surface area (Å²) in [7, 11) is 0. The zero-order chi connectivity index (χ0) is 9.68. The molecule has 0 aromatic carbocycles. The fourth-order valence-corrected chi connectivity index (χ4v) is 1.12. The molecule has 0 saturated carbocycles. The lowest BCUT2D eigenvalue weighted by atomic mass is 10.1. The molecule has 4 nitrogen and oxygen atoms in total. The molecular weight excluding hydrogens is 168 g/mol. The van der Waals surface area contributed by atoms with Gasteiger partial charge < -0.3 is 5.11 Å². The molecule has 13 heavy (non-hydrogen) atoms. The molecule has 0 aliphatic rings. The van der Waals surface area contributed by atoms with Crippen LogP contribution in [0.1, 0.15) is 18.9 Å². The van der Waals surface area contributed by atoms with Crippen molar-refractivity contribution >= 4 is 11.9 Å². The minimum absolute atomic E-state index is 0.442. The first kappa shape index (κ1) is 9.51. The first-order valence-corrected chi connectivity index (χ1v) is 4.18. The smallest absolute Gasteiger partial charge is 0.410 e. The van der Waals surface area contributed by atoms with E-state index in [-0.39, 0.29) is 0 Å². The second-order valence-electron chi connectivity index (χ2n) is 2.69. The van der Waals surface area contributed by atoms with Crippen molar-refractivity contribution in [3.8, 4) is 0 Å². The maximum Gasteiger partial charge on any atom is 0.410 e. The van der Waals surface area contributed by atoms with E-state index in [9.17, 15) is 4.79 Å². The Labute approximate surface area is 76.6 Å². The molecule has 0 unspecified atom stereocenters. The molecule has 4 heteroatoms. The highest BCUT2D eigenvalue weighted by atomic mass is 16.4. The van der Waals surface area contributed by atoms with Crippen LogP contribution in [0.2, 0.25) is 0 Å². The Morgan fingerprint density at radius 3 is 3.08 bits per heavy atom. The van der Waals surface area contributed by atoms with Gasteiger partial charge in [0.25, 0.3) is 0 Å². The standard InChI is InChI=1S/C9H12N2O2/c1-2-4-7-5-3-6-10-8(7)11-9(12)13/h3,5-6H,2,4H2,1H3,(H,10,11)(H,12,13). The number of rotatable bonds is 3. The molecule has 0 radical (unpaired) electrons. The van der Waals surface area contributed by atoms with Gasteiger partial charge in [-0.2, -0.15) is 0 Å². The van der Waals surface area contributed by atoms with Gasteiger partial charge in [-0.3, -0.25) is 5.32 Å². The molecule has 0 fully saturated rings. The second-order valence-corrected chi connectivity index (χ2v) is 2.69. The number of carboxylic acid groups (broad SMARTS) is 1. The summed E-state index contributed by atoms with van der Waals surface area (Å²) in [4.78, 5) is 14.3. The van der Waals surface area contributed by atoms with Gasteiger partial charge in [0.15, 0.2) is 0 Å². The lowest BCUT2D eigenvalue weighted by Crippen LogP contribution is -2.10. The average molecular weight is 180 g/mol. The molecule has 0 saturated heterocycles. The van der Waals surface area contributed by atoms with Crippen LogP contribution in [0.4, 0.5) is 10.6 Å². The van der Waals surface area contributed by atoms with Crippen LogP contribution in [0.25, 0.3) is 0 Å². The zero-order valence-electron chi connectivity index (χ0n) is 7.45. The van der Waals surface area contributed by atoms with E-state index >= 15 is 0 Å². The topological polar surface area (TPSA) is 62.2 Å². The minimum Gasteiger partial charge on any atom is -0.465 e. The molecule has 0 aliphatic carbocycles. The summed E-state index contributed by atoms with van der Waals surface area (Å²) < 4.78 is 0. The van der Waals surface area contributed by atoms with Crippen LogP contribution in [0.15, 0.2) is 18.3 Å². The molecule has 0 aliphatic heterocycles. The third-order valence-electron chi connectivity index (χ3n) is 1.64. The normalized spacial score (nSPS) is 9.62. The van der Waals surface area contributed by atoms with E-state index in [4.69, 9.17) is 5.11 Å². The predicted octanol–water partition coefficient (Wildman–Crippen LogP) is 2.12. The van der Waals surface area contributed by atoms with Crippen molar-refractivity contribution in [1.29, 1.82) is 0 Å². The van der Waals surface area contributed by atoms with Crippen molar-refractivity contribution in [1.82, 2.24) is 4.98 Å². The number of carbonyl (C=O) groups is 1. The number of hydrogen-bond acceptors (Lipinski definition) is 2. The molecular formula is C9H12N2O2. The first-order valence-electron chi connectivity index (χ1n) is 4.18. The maximum absolute atomic E-state index is 10.4. The monoisotopic (exact) mass is 180 g/mol. The Kier molecular flexibility index (Phi) is 3.25. The summed E-state index contributed by atoms with van der Waals surface area (Å²) in [6.07, 6.45) is 2.31. The van der Waals surface area contributed by atoms with Gasteiger partial charge in [0, 0.05) is 6.20 Å². The Morgan fingerprint density at radius 1 is 1.69 bits per heavy atom. The van der Waals surface area contributed by atoms with Crippen molar-refractivity contribution in [3.05, 3.63) is 23.9 Å². The molecule has 1 aromatic rings. The van der Waals surface area contributed by atoms with Crippen molar-refractivity contribution in [2.75, 3.05) is 5.32 Å². The van der Waals surface area contributed by atoms with Gasteiger partial charge in [0.1, 0.15) is 5.82 Å². The third kappa shape index (κ3) is 2.74. The molecule has 0 bridgehead atoms. The Hall–Kier alpha value is -1.58. The molecule has 70 valence electrons. The molecule has 1 aromatic heterocycles. The van der Waals surface area contributed by atoms with E-state index in [1.54, 1.807) is 12.3 Å². The van der Waals surface area contributed by atoms with Gasteiger partial charge in [-0.25, -0.2) is 9.78 Å². The minimum atomic E-state index is -1.07. The fourth-order valence-electron chi connectivity index (χ4n) is 1.12. The summed E-state index contributed by atoms with van der Waals surface area (Å²) in [5.41, 5.74) is 0.937. The first-order chi connectivity index (χ1) is 6.24. The van der Waals surface area contributed by atoms with Crippen LogP contribution in [0.3, 0.4) is 0 Å². The Morgan fingerprint density at radius 2 is 2.46 bits per heavy atom. The lowest BCUT2D eigenvalue weighted by Gasteiger charge is -2.05. The number of amides is 1. The summed E-state index contributed by atoms with van der Waals surface area (Å²) in [5.74, 6) is 0.442. The van der Waals surface area contributed by atoms with Gasteiger partial charge >= 0.3 is 6.09 Å². The number of pyridine rings is 1. The Balaban J connectivity index is 2.84. The maximum atomic E-state index is 10.4. The average Bonchev–Trinajstić information content (AvgIpc) is 2.08. The summed E-state index contributed by atoms with van der Waals surface area (Å²) in [6, 6.07) is 3.68. The predicted molar refractivity (Wildman–Crippen MR) is 49.9 cm³/mol. The second kappa shape index (κ2) is 4.45. The van der Waals surface area contributed by atoms with Gasteiger partial charge in [-0.1, -0.05) is 19.4 Å². The molecule has 1 heterocycles. The van der Waals surface area contributed by atoms with Crippen LogP contribution in [0.5, 0.6) is 0 Å². The number of anilines is 1. The van der Waals surface area contributed by atoms with E-state index in [0.717, 1.165) is 18.4 Å². The zero-order valence-corrected chi connectivity index (χ0v) is 7.45. The number of hydrogen-bond donors (Lipinski definition) is 2.